The van der Waals surface area contributed by atoms with E-state index in [0.717, 1.165) is 0 Å². The van der Waals surface area contributed by atoms with Gasteiger partial charge in [-0.2, -0.15) is 0 Å². The first-order valence-corrected chi connectivity index (χ1v) is 3.12. The zero-order valence-corrected chi connectivity index (χ0v) is 5.18. The zero-order chi connectivity index (χ0) is 6.85. The van der Waals surface area contributed by atoms with Crippen molar-refractivity contribution >= 4 is 22.8 Å². The Bertz CT molecular complexity index is 155. The van der Waals surface area contributed by atoms with Crippen molar-refractivity contribution in [2.45, 2.75) is 5.44 Å². The third kappa shape index (κ3) is 1.43. The van der Waals surface area contributed by atoms with E-state index < -0.39 is 11.4 Å². The molecule has 1 aliphatic rings. The minimum absolute atomic E-state index is 0.0817. The average molecular weight is 148 g/mol. The van der Waals surface area contributed by atoms with Gasteiger partial charge in [-0.15, -0.1) is 0 Å². The molecule has 0 radical (unpaired) electrons. The molecule has 0 saturated carbocycles. The van der Waals surface area contributed by atoms with Crippen LogP contribution in [-0.4, -0.2) is 28.2 Å². The highest BCUT2D eigenvalue weighted by Gasteiger charge is 2.29. The molecule has 0 aromatic heterocycles. The maximum atomic E-state index is 10.3. The summed E-state index contributed by atoms with van der Waals surface area (Å²) in [5.41, 5.74) is -0.975. The predicted molar refractivity (Wildman–Crippen MR) is 30.0 cm³/mol. The number of carboxylic acid groups (broad SMARTS) is 1. The average Bonchev–Trinajstić information content (AvgIpc) is 2.14. The summed E-state index contributed by atoms with van der Waals surface area (Å²) in [5, 5.41) is 8.01. The fraction of sp³-hybridized carbons (Fsp3) is 0.500. The van der Waals surface area contributed by atoms with Crippen molar-refractivity contribution in [3.8, 4) is 0 Å². The molecule has 1 atom stereocenters. The van der Waals surface area contributed by atoms with Crippen molar-refractivity contribution in [3.63, 3.8) is 0 Å². The van der Waals surface area contributed by atoms with Gasteiger partial charge < -0.3 is 9.84 Å². The van der Waals surface area contributed by atoms with Crippen LogP contribution in [0.5, 0.6) is 0 Å². The Hall–Kier alpha value is -0.550. The molecule has 0 aromatic carbocycles. The lowest BCUT2D eigenvalue weighted by atomic mass is 10.7. The van der Waals surface area contributed by atoms with Gasteiger partial charge in [0, 0.05) is 0 Å². The molecule has 50 valence electrons. The van der Waals surface area contributed by atoms with Crippen LogP contribution in [0.3, 0.4) is 0 Å². The molecule has 1 heterocycles. The van der Waals surface area contributed by atoms with Crippen molar-refractivity contribution < 1.29 is 19.4 Å². The minimum Gasteiger partial charge on any atom is -0.479 e. The van der Waals surface area contributed by atoms with Gasteiger partial charge in [0.25, 0.3) is 0 Å². The molecule has 5 heteroatoms. The highest BCUT2D eigenvalue weighted by molar-refractivity contribution is 8.14. The van der Waals surface area contributed by atoms with Gasteiger partial charge in [0.05, 0.1) is 0 Å². The van der Waals surface area contributed by atoms with Gasteiger partial charge in [0.2, 0.25) is 10.6 Å². The molecule has 1 saturated heterocycles. The molecular formula is C4H4O4S. The van der Waals surface area contributed by atoms with Gasteiger partial charge in [-0.25, -0.2) is 4.79 Å². The first-order chi connectivity index (χ1) is 4.20. The third-order valence-corrected chi connectivity index (χ3v) is 1.73. The van der Waals surface area contributed by atoms with Gasteiger partial charge in [0.15, 0.2) is 0 Å². The fourth-order valence-electron chi connectivity index (χ4n) is 0.453. The van der Waals surface area contributed by atoms with Crippen molar-refractivity contribution in [1.29, 1.82) is 0 Å². The van der Waals surface area contributed by atoms with E-state index in [9.17, 15) is 9.59 Å². The number of hydrogen-bond acceptors (Lipinski definition) is 4. The number of thioether (sulfide) groups is 1. The number of carboxylic acids is 1. The summed E-state index contributed by atoms with van der Waals surface area (Å²) in [6, 6.07) is 0. The van der Waals surface area contributed by atoms with E-state index in [-0.39, 0.29) is 11.7 Å². The van der Waals surface area contributed by atoms with Crippen LogP contribution >= 0.6 is 11.8 Å². The molecule has 1 fully saturated rings. The van der Waals surface area contributed by atoms with E-state index in [2.05, 4.69) is 4.74 Å². The van der Waals surface area contributed by atoms with Crippen LogP contribution in [0.2, 0.25) is 0 Å². The molecule has 1 unspecified atom stereocenters. The standard InChI is InChI=1S/C4H4O4S/c5-2-1-8-4(9-2)3(6)7/h4H,1H2,(H,6,7). The number of carbonyl (C=O) groups is 2. The minimum atomic E-state index is -1.09. The number of ether oxygens (including phenoxy) is 1. The summed E-state index contributed by atoms with van der Waals surface area (Å²) in [5.74, 6) is -1.09. The monoisotopic (exact) mass is 148 g/mol. The Kier molecular flexibility index (Phi) is 1.73. The smallest absolute Gasteiger partial charge is 0.343 e. The predicted octanol–water partition coefficient (Wildman–Crippen LogP) is -0.313. The molecule has 0 aliphatic carbocycles. The van der Waals surface area contributed by atoms with E-state index in [4.69, 9.17) is 5.11 Å². The van der Waals surface area contributed by atoms with Crippen molar-refractivity contribution in [3.05, 3.63) is 0 Å². The Labute approximate surface area is 55.2 Å². The van der Waals surface area contributed by atoms with Gasteiger partial charge in [-0.05, 0) is 11.8 Å². The van der Waals surface area contributed by atoms with E-state index >= 15 is 0 Å². The SMILES string of the molecule is O=C1COC(C(=O)O)S1. The first-order valence-electron chi connectivity index (χ1n) is 2.24. The summed E-state index contributed by atoms with van der Waals surface area (Å²) < 4.78 is 4.54. The van der Waals surface area contributed by atoms with Crippen LogP contribution in [0, 0.1) is 0 Å². The van der Waals surface area contributed by atoms with Crippen LogP contribution in [0.4, 0.5) is 0 Å². The molecule has 0 amide bonds. The van der Waals surface area contributed by atoms with Crippen LogP contribution in [0.1, 0.15) is 0 Å². The molecule has 4 nitrogen and oxygen atoms in total. The second kappa shape index (κ2) is 2.36. The van der Waals surface area contributed by atoms with Gasteiger partial charge >= 0.3 is 5.97 Å². The second-order valence-corrected chi connectivity index (χ2v) is 2.59. The summed E-state index contributed by atoms with van der Waals surface area (Å²) in [6.07, 6.45) is 0. The summed E-state index contributed by atoms with van der Waals surface area (Å²) in [7, 11) is 0. The first kappa shape index (κ1) is 6.57. The number of rotatable bonds is 1. The fourth-order valence-corrected chi connectivity index (χ4v) is 1.06. The Morgan fingerprint density at radius 3 is 2.78 bits per heavy atom. The quantitative estimate of drug-likeness (QED) is 0.552. The number of carbonyl (C=O) groups excluding carboxylic acids is 1. The largest absolute Gasteiger partial charge is 0.479 e. The van der Waals surface area contributed by atoms with Crippen LogP contribution < -0.4 is 0 Å². The van der Waals surface area contributed by atoms with Crippen molar-refractivity contribution in [2.24, 2.45) is 0 Å². The topological polar surface area (TPSA) is 63.6 Å². The molecule has 0 spiro atoms. The van der Waals surface area contributed by atoms with Gasteiger partial charge in [0.1, 0.15) is 6.61 Å². The highest BCUT2D eigenvalue weighted by Crippen LogP contribution is 2.20. The van der Waals surface area contributed by atoms with Crippen molar-refractivity contribution in [2.75, 3.05) is 6.61 Å². The molecule has 1 aliphatic heterocycles. The maximum absolute atomic E-state index is 10.3. The maximum Gasteiger partial charge on any atom is 0.343 e. The van der Waals surface area contributed by atoms with Crippen LogP contribution in [0.15, 0.2) is 0 Å². The van der Waals surface area contributed by atoms with Gasteiger partial charge in [-0.1, -0.05) is 0 Å². The molecule has 1 N–H and O–H groups in total. The Morgan fingerprint density at radius 1 is 1.89 bits per heavy atom. The highest BCUT2D eigenvalue weighted by atomic mass is 32.2. The van der Waals surface area contributed by atoms with E-state index in [1.807, 2.05) is 0 Å². The lowest BCUT2D eigenvalue weighted by molar-refractivity contribution is -0.143. The lowest BCUT2D eigenvalue weighted by Gasteiger charge is -1.96. The Morgan fingerprint density at radius 2 is 2.56 bits per heavy atom. The van der Waals surface area contributed by atoms with E-state index in [1.54, 1.807) is 0 Å². The molecule has 0 bridgehead atoms. The van der Waals surface area contributed by atoms with E-state index in [0.29, 0.717) is 11.8 Å². The van der Waals surface area contributed by atoms with Crippen LogP contribution in [0.25, 0.3) is 0 Å². The number of aliphatic carboxylic acids is 1. The summed E-state index contributed by atoms with van der Waals surface area (Å²) in [4.78, 5) is 20.4. The van der Waals surface area contributed by atoms with E-state index in [1.165, 1.54) is 0 Å². The normalized spacial score (nSPS) is 26.7. The molecular weight excluding hydrogens is 144 g/mol. The van der Waals surface area contributed by atoms with Crippen LogP contribution in [-0.2, 0) is 14.3 Å². The summed E-state index contributed by atoms with van der Waals surface area (Å²) in [6.45, 7) is -0.0817. The Balaban J connectivity index is 2.48. The second-order valence-electron chi connectivity index (χ2n) is 1.47. The third-order valence-electron chi connectivity index (χ3n) is 0.793. The van der Waals surface area contributed by atoms with Crippen molar-refractivity contribution in [1.82, 2.24) is 0 Å². The molecule has 1 rings (SSSR count). The molecule has 0 aromatic rings. The summed E-state index contributed by atoms with van der Waals surface area (Å²) >= 11 is 0.713. The zero-order valence-electron chi connectivity index (χ0n) is 4.36. The number of hydrogen-bond donors (Lipinski definition) is 1. The lowest BCUT2D eigenvalue weighted by Crippen LogP contribution is -2.14. The molecule has 9 heavy (non-hydrogen) atoms. The van der Waals surface area contributed by atoms with Gasteiger partial charge in [-0.3, -0.25) is 4.79 Å².